The zero-order chi connectivity index (χ0) is 21.7. The van der Waals surface area contributed by atoms with Gasteiger partial charge >= 0.3 is 0 Å². The van der Waals surface area contributed by atoms with Crippen LogP contribution in [0.5, 0.6) is 11.5 Å². The van der Waals surface area contributed by atoms with E-state index < -0.39 is 0 Å². The van der Waals surface area contributed by atoms with Gasteiger partial charge in [0, 0.05) is 11.8 Å². The fourth-order valence-electron chi connectivity index (χ4n) is 3.01. The van der Waals surface area contributed by atoms with E-state index in [0.29, 0.717) is 39.0 Å². The van der Waals surface area contributed by atoms with Crippen LogP contribution in [0.4, 0.5) is 11.4 Å². The number of para-hydroxylation sites is 1. The molecule has 0 aliphatic heterocycles. The van der Waals surface area contributed by atoms with Crippen molar-refractivity contribution in [2.24, 2.45) is 0 Å². The molecule has 0 atom stereocenters. The Bertz CT molecular complexity index is 1100. The summed E-state index contributed by atoms with van der Waals surface area (Å²) in [6.45, 7) is 1.87. The highest BCUT2D eigenvalue weighted by Gasteiger charge is 2.16. The number of carbonyl (C=O) groups is 2. The highest BCUT2D eigenvalue weighted by atomic mass is 35.5. The van der Waals surface area contributed by atoms with Gasteiger partial charge in [0.15, 0.2) is 0 Å². The van der Waals surface area contributed by atoms with Crippen molar-refractivity contribution in [1.29, 1.82) is 0 Å². The summed E-state index contributed by atoms with van der Waals surface area (Å²) in [4.78, 5) is 25.2. The van der Waals surface area contributed by atoms with Crippen molar-refractivity contribution < 1.29 is 19.1 Å². The van der Waals surface area contributed by atoms with Crippen molar-refractivity contribution in [3.05, 3.63) is 82.4 Å². The van der Waals surface area contributed by atoms with Crippen molar-refractivity contribution in [2.45, 2.75) is 6.92 Å². The van der Waals surface area contributed by atoms with Crippen molar-refractivity contribution in [2.75, 3.05) is 24.9 Å². The van der Waals surface area contributed by atoms with E-state index in [4.69, 9.17) is 21.1 Å². The minimum atomic E-state index is -0.361. The Morgan fingerprint density at radius 1 is 0.833 bits per heavy atom. The third-order valence-corrected chi connectivity index (χ3v) is 4.82. The van der Waals surface area contributed by atoms with E-state index in [-0.39, 0.29) is 11.8 Å². The van der Waals surface area contributed by atoms with Crippen molar-refractivity contribution in [3.63, 3.8) is 0 Å². The van der Waals surface area contributed by atoms with Crippen LogP contribution in [0.2, 0.25) is 5.02 Å². The lowest BCUT2D eigenvalue weighted by molar-refractivity contribution is 0.101. The Morgan fingerprint density at radius 3 is 2.23 bits per heavy atom. The lowest BCUT2D eigenvalue weighted by Gasteiger charge is -2.14. The number of amides is 2. The van der Waals surface area contributed by atoms with Crippen molar-refractivity contribution in [3.8, 4) is 11.5 Å². The van der Waals surface area contributed by atoms with Gasteiger partial charge in [-0.25, -0.2) is 0 Å². The normalized spacial score (nSPS) is 10.3. The summed E-state index contributed by atoms with van der Waals surface area (Å²) < 4.78 is 10.7. The van der Waals surface area contributed by atoms with Crippen LogP contribution in [0, 0.1) is 6.92 Å². The van der Waals surface area contributed by atoms with Crippen LogP contribution < -0.4 is 20.1 Å². The number of ether oxygens (including phenoxy) is 2. The lowest BCUT2D eigenvalue weighted by atomic mass is 10.1. The van der Waals surface area contributed by atoms with Crippen LogP contribution in [0.3, 0.4) is 0 Å². The molecule has 3 aromatic rings. The molecule has 0 fully saturated rings. The highest BCUT2D eigenvalue weighted by Crippen LogP contribution is 2.30. The SMILES string of the molecule is COc1cc(NC(=O)c2cccc(C)c2OC)ccc1NC(=O)c1ccccc1Cl. The molecule has 0 saturated heterocycles. The molecule has 0 saturated carbocycles. The number of anilines is 2. The highest BCUT2D eigenvalue weighted by molar-refractivity contribution is 6.34. The summed E-state index contributed by atoms with van der Waals surface area (Å²) in [5, 5.41) is 5.95. The van der Waals surface area contributed by atoms with Crippen LogP contribution in [0.1, 0.15) is 26.3 Å². The van der Waals surface area contributed by atoms with E-state index in [2.05, 4.69) is 10.6 Å². The first-order valence-corrected chi connectivity index (χ1v) is 9.51. The number of halogens is 1. The Balaban J connectivity index is 1.81. The summed E-state index contributed by atoms with van der Waals surface area (Å²) >= 11 is 6.09. The van der Waals surface area contributed by atoms with Gasteiger partial charge in [-0.3, -0.25) is 9.59 Å². The topological polar surface area (TPSA) is 76.7 Å². The van der Waals surface area contributed by atoms with Gasteiger partial charge in [-0.15, -0.1) is 0 Å². The molecule has 154 valence electrons. The van der Waals surface area contributed by atoms with Gasteiger partial charge in [0.25, 0.3) is 11.8 Å². The number of benzene rings is 3. The van der Waals surface area contributed by atoms with E-state index in [1.165, 1.54) is 14.2 Å². The smallest absolute Gasteiger partial charge is 0.259 e. The third kappa shape index (κ3) is 4.55. The van der Waals surface area contributed by atoms with E-state index in [9.17, 15) is 9.59 Å². The molecule has 0 unspecified atom stereocenters. The molecule has 3 rings (SSSR count). The summed E-state index contributed by atoms with van der Waals surface area (Å²) in [6.07, 6.45) is 0. The molecule has 0 spiro atoms. The molecular formula is C23H21ClN2O4. The minimum absolute atomic E-state index is 0.314. The molecule has 2 N–H and O–H groups in total. The van der Waals surface area contributed by atoms with E-state index in [0.717, 1.165) is 5.56 Å². The Labute approximate surface area is 179 Å². The zero-order valence-electron chi connectivity index (χ0n) is 16.8. The third-order valence-electron chi connectivity index (χ3n) is 4.49. The standard InChI is InChI=1S/C23H21ClN2O4/c1-14-7-6-9-17(21(14)30-3)23(28)25-15-11-12-19(20(13-15)29-2)26-22(27)16-8-4-5-10-18(16)24/h4-13H,1-3H3,(H,25,28)(H,26,27). The summed E-state index contributed by atoms with van der Waals surface area (Å²) in [6, 6.07) is 17.1. The molecule has 7 heteroatoms. The fraction of sp³-hybridized carbons (Fsp3) is 0.130. The maximum absolute atomic E-state index is 12.7. The largest absolute Gasteiger partial charge is 0.496 e. The number of carbonyl (C=O) groups excluding carboxylic acids is 2. The zero-order valence-corrected chi connectivity index (χ0v) is 17.5. The first kappa shape index (κ1) is 21.2. The maximum Gasteiger partial charge on any atom is 0.259 e. The van der Waals surface area contributed by atoms with E-state index >= 15 is 0 Å². The number of hydrogen-bond acceptors (Lipinski definition) is 4. The van der Waals surface area contributed by atoms with Crippen LogP contribution in [0.25, 0.3) is 0 Å². The summed E-state index contributed by atoms with van der Waals surface area (Å²) in [5.74, 6) is 0.237. The van der Waals surface area contributed by atoms with Gasteiger partial charge in [-0.2, -0.15) is 0 Å². The van der Waals surface area contributed by atoms with Crippen LogP contribution >= 0.6 is 11.6 Å². The fourth-order valence-corrected chi connectivity index (χ4v) is 3.23. The van der Waals surface area contributed by atoms with Gasteiger partial charge in [-0.1, -0.05) is 35.9 Å². The maximum atomic E-state index is 12.7. The Kier molecular flexibility index (Phi) is 6.59. The van der Waals surface area contributed by atoms with Crippen LogP contribution in [0.15, 0.2) is 60.7 Å². The monoisotopic (exact) mass is 424 g/mol. The van der Waals surface area contributed by atoms with E-state index in [1.807, 2.05) is 13.0 Å². The summed E-state index contributed by atoms with van der Waals surface area (Å²) in [5.41, 5.74) is 2.60. The average molecular weight is 425 g/mol. The molecule has 3 aromatic carbocycles. The molecule has 0 bridgehead atoms. The van der Waals surface area contributed by atoms with Crippen LogP contribution in [-0.2, 0) is 0 Å². The second kappa shape index (κ2) is 9.33. The Hall–Kier alpha value is -3.51. The van der Waals surface area contributed by atoms with Crippen LogP contribution in [-0.4, -0.2) is 26.0 Å². The van der Waals surface area contributed by atoms with E-state index in [1.54, 1.807) is 54.6 Å². The predicted octanol–water partition coefficient (Wildman–Crippen LogP) is 5.17. The molecule has 0 aromatic heterocycles. The number of rotatable bonds is 6. The first-order chi connectivity index (χ1) is 14.4. The number of hydrogen-bond donors (Lipinski definition) is 2. The molecule has 0 heterocycles. The Morgan fingerprint density at radius 2 is 1.53 bits per heavy atom. The second-order valence-corrected chi connectivity index (χ2v) is 6.87. The molecule has 0 aliphatic rings. The molecule has 0 aliphatic carbocycles. The van der Waals surface area contributed by atoms with Crippen molar-refractivity contribution >= 4 is 34.8 Å². The minimum Gasteiger partial charge on any atom is -0.496 e. The number of nitrogens with one attached hydrogen (secondary N) is 2. The first-order valence-electron chi connectivity index (χ1n) is 9.13. The van der Waals surface area contributed by atoms with Crippen molar-refractivity contribution in [1.82, 2.24) is 0 Å². The predicted molar refractivity (Wildman–Crippen MR) is 118 cm³/mol. The van der Waals surface area contributed by atoms with Gasteiger partial charge in [0.1, 0.15) is 11.5 Å². The number of methoxy groups -OCH3 is 2. The lowest BCUT2D eigenvalue weighted by Crippen LogP contribution is -2.15. The molecule has 6 nitrogen and oxygen atoms in total. The number of aryl methyl sites for hydroxylation is 1. The second-order valence-electron chi connectivity index (χ2n) is 6.46. The molecular weight excluding hydrogens is 404 g/mol. The average Bonchev–Trinajstić information content (AvgIpc) is 2.74. The van der Waals surface area contributed by atoms with Gasteiger partial charge in [0.2, 0.25) is 0 Å². The quantitative estimate of drug-likeness (QED) is 0.572. The molecule has 0 radical (unpaired) electrons. The summed E-state index contributed by atoms with van der Waals surface area (Å²) in [7, 11) is 3.01. The molecule has 30 heavy (non-hydrogen) atoms. The molecule has 2 amide bonds. The van der Waals surface area contributed by atoms with Gasteiger partial charge < -0.3 is 20.1 Å². The van der Waals surface area contributed by atoms with Gasteiger partial charge in [-0.05, 0) is 42.8 Å². The van der Waals surface area contributed by atoms with Gasteiger partial charge in [0.05, 0.1) is 36.1 Å².